The lowest BCUT2D eigenvalue weighted by atomic mass is 10.0. The third-order valence-corrected chi connectivity index (χ3v) is 6.54. The number of morpholine rings is 1. The highest BCUT2D eigenvalue weighted by Crippen LogP contribution is 2.38. The number of rotatable bonds is 6. The molecule has 1 aliphatic heterocycles. The first kappa shape index (κ1) is 21.3. The van der Waals surface area contributed by atoms with Gasteiger partial charge < -0.3 is 19.7 Å². The van der Waals surface area contributed by atoms with Crippen molar-refractivity contribution >= 4 is 33.2 Å². The Labute approximate surface area is 185 Å². The van der Waals surface area contributed by atoms with Gasteiger partial charge in [0, 0.05) is 23.7 Å². The van der Waals surface area contributed by atoms with E-state index in [1.165, 1.54) is 16.9 Å². The van der Waals surface area contributed by atoms with Crippen molar-refractivity contribution in [2.24, 2.45) is 0 Å². The van der Waals surface area contributed by atoms with E-state index in [9.17, 15) is 9.59 Å². The number of amides is 2. The smallest absolute Gasteiger partial charge is 0.261 e. The second kappa shape index (κ2) is 9.49. The van der Waals surface area contributed by atoms with Crippen molar-refractivity contribution < 1.29 is 19.1 Å². The Kier molecular flexibility index (Phi) is 6.53. The summed E-state index contributed by atoms with van der Waals surface area (Å²) in [5.41, 5.74) is 2.04. The Bertz CT molecular complexity index is 1080. The number of carbonyl (C=O) groups is 2. The van der Waals surface area contributed by atoms with Crippen molar-refractivity contribution in [1.29, 1.82) is 0 Å². The number of benzene rings is 2. The van der Waals surface area contributed by atoms with Gasteiger partial charge in [-0.3, -0.25) is 9.59 Å². The predicted octanol–water partition coefficient (Wildman–Crippen LogP) is 3.94. The number of aryl methyl sites for hydroxylation is 1. The molecule has 31 heavy (non-hydrogen) atoms. The Morgan fingerprint density at radius 1 is 1.19 bits per heavy atom. The lowest BCUT2D eigenvalue weighted by Gasteiger charge is -2.32. The third kappa shape index (κ3) is 4.89. The van der Waals surface area contributed by atoms with Gasteiger partial charge in [-0.1, -0.05) is 35.9 Å². The van der Waals surface area contributed by atoms with Crippen molar-refractivity contribution in [2.75, 3.05) is 32.8 Å². The molecule has 1 aliphatic rings. The largest absolute Gasteiger partial charge is 0.492 e. The average Bonchev–Trinajstić information content (AvgIpc) is 3.17. The van der Waals surface area contributed by atoms with Crippen LogP contribution in [-0.2, 0) is 9.53 Å². The van der Waals surface area contributed by atoms with Gasteiger partial charge >= 0.3 is 0 Å². The van der Waals surface area contributed by atoms with Crippen LogP contribution in [0.15, 0.2) is 48.5 Å². The maximum atomic E-state index is 13.1. The van der Waals surface area contributed by atoms with Crippen LogP contribution in [-0.4, -0.2) is 49.6 Å². The zero-order chi connectivity index (χ0) is 21.8. The van der Waals surface area contributed by atoms with Crippen LogP contribution in [0.4, 0.5) is 0 Å². The summed E-state index contributed by atoms with van der Waals surface area (Å²) >= 11 is 1.45. The molecule has 1 atom stereocenters. The summed E-state index contributed by atoms with van der Waals surface area (Å²) in [6, 6.07) is 15.8. The van der Waals surface area contributed by atoms with Crippen molar-refractivity contribution in [3.8, 4) is 5.75 Å². The molecule has 0 bridgehead atoms. The fourth-order valence-electron chi connectivity index (χ4n) is 3.71. The number of carbonyl (C=O) groups excluding carboxylic acids is 2. The highest BCUT2D eigenvalue weighted by atomic mass is 32.1. The van der Waals surface area contributed by atoms with E-state index in [0.717, 1.165) is 21.4 Å². The van der Waals surface area contributed by atoms with Crippen LogP contribution in [0.25, 0.3) is 10.1 Å². The first-order chi connectivity index (χ1) is 15.0. The molecule has 0 radical (unpaired) electrons. The molecule has 2 amide bonds. The molecule has 0 saturated carbocycles. The molecule has 3 aromatic rings. The van der Waals surface area contributed by atoms with Gasteiger partial charge in [-0.05, 0) is 30.5 Å². The van der Waals surface area contributed by atoms with Crippen molar-refractivity contribution in [1.82, 2.24) is 10.2 Å². The Hall–Kier alpha value is -2.90. The van der Waals surface area contributed by atoms with Gasteiger partial charge in [0.1, 0.15) is 18.5 Å². The van der Waals surface area contributed by atoms with Crippen LogP contribution >= 0.6 is 11.3 Å². The summed E-state index contributed by atoms with van der Waals surface area (Å²) in [6.07, 6.45) is -0.321. The molecule has 1 aromatic heterocycles. The van der Waals surface area contributed by atoms with Crippen molar-refractivity contribution in [2.45, 2.75) is 20.0 Å². The fraction of sp³-hybridized carbons (Fsp3) is 0.333. The first-order valence-corrected chi connectivity index (χ1v) is 11.2. The number of nitrogens with zero attached hydrogens (tertiary/aromatic N) is 1. The molecule has 1 saturated heterocycles. The monoisotopic (exact) mass is 438 g/mol. The fourth-order valence-corrected chi connectivity index (χ4v) is 4.88. The van der Waals surface area contributed by atoms with Gasteiger partial charge in [-0.2, -0.15) is 0 Å². The van der Waals surface area contributed by atoms with E-state index in [0.29, 0.717) is 37.7 Å². The van der Waals surface area contributed by atoms with Crippen LogP contribution in [0.5, 0.6) is 5.75 Å². The minimum atomic E-state index is -0.321. The second-order valence-corrected chi connectivity index (χ2v) is 8.64. The van der Waals surface area contributed by atoms with E-state index in [1.54, 1.807) is 11.8 Å². The van der Waals surface area contributed by atoms with E-state index in [-0.39, 0.29) is 17.9 Å². The molecule has 7 heteroatoms. The maximum absolute atomic E-state index is 13.1. The van der Waals surface area contributed by atoms with Gasteiger partial charge in [-0.25, -0.2) is 0 Å². The Morgan fingerprint density at radius 2 is 1.97 bits per heavy atom. The number of fused-ring (bicyclic) bond motifs is 1. The Balaban J connectivity index is 1.48. The van der Waals surface area contributed by atoms with Gasteiger partial charge in [0.25, 0.3) is 5.91 Å². The molecular formula is C24H26N2O4S. The minimum absolute atomic E-state index is 0.0205. The molecule has 4 rings (SSSR count). The van der Waals surface area contributed by atoms with Crippen LogP contribution < -0.4 is 10.1 Å². The normalized spacial score (nSPS) is 16.3. The van der Waals surface area contributed by atoms with E-state index in [1.807, 2.05) is 55.5 Å². The van der Waals surface area contributed by atoms with Crippen molar-refractivity contribution in [3.63, 3.8) is 0 Å². The van der Waals surface area contributed by atoms with Gasteiger partial charge in [-0.15, -0.1) is 11.3 Å². The molecule has 1 N–H and O–H groups in total. The lowest BCUT2D eigenvalue weighted by Crippen LogP contribution is -2.41. The molecule has 162 valence electrons. The molecular weight excluding hydrogens is 412 g/mol. The SMILES string of the molecule is CC(=O)N1CCO[C@@H](c2c(C(=O)NCCOc3ccc(C)cc3)sc3ccccc23)C1. The van der Waals surface area contributed by atoms with Gasteiger partial charge in [0.15, 0.2) is 0 Å². The van der Waals surface area contributed by atoms with E-state index in [4.69, 9.17) is 9.47 Å². The quantitative estimate of drug-likeness (QED) is 0.592. The van der Waals surface area contributed by atoms with E-state index in [2.05, 4.69) is 5.32 Å². The molecule has 0 aliphatic carbocycles. The minimum Gasteiger partial charge on any atom is -0.492 e. The first-order valence-electron chi connectivity index (χ1n) is 10.4. The highest BCUT2D eigenvalue weighted by molar-refractivity contribution is 7.21. The highest BCUT2D eigenvalue weighted by Gasteiger charge is 2.30. The van der Waals surface area contributed by atoms with Gasteiger partial charge in [0.2, 0.25) is 5.91 Å². The van der Waals surface area contributed by atoms with Crippen LogP contribution in [0.2, 0.25) is 0 Å². The Morgan fingerprint density at radius 3 is 2.74 bits per heavy atom. The molecule has 2 aromatic carbocycles. The molecule has 0 spiro atoms. The number of thiophene rings is 1. The second-order valence-electron chi connectivity index (χ2n) is 7.58. The molecule has 1 fully saturated rings. The zero-order valence-corrected chi connectivity index (χ0v) is 18.5. The zero-order valence-electron chi connectivity index (χ0n) is 17.7. The predicted molar refractivity (Wildman–Crippen MR) is 122 cm³/mol. The summed E-state index contributed by atoms with van der Waals surface area (Å²) in [4.78, 5) is 27.3. The average molecular weight is 439 g/mol. The van der Waals surface area contributed by atoms with Gasteiger partial charge in [0.05, 0.1) is 24.6 Å². The number of hydrogen-bond donors (Lipinski definition) is 1. The summed E-state index contributed by atoms with van der Waals surface area (Å²) in [6.45, 7) is 5.85. The third-order valence-electron chi connectivity index (χ3n) is 5.35. The topological polar surface area (TPSA) is 67.9 Å². The molecule has 6 nitrogen and oxygen atoms in total. The van der Waals surface area contributed by atoms with Crippen LogP contribution in [0.3, 0.4) is 0 Å². The van der Waals surface area contributed by atoms with E-state index >= 15 is 0 Å². The number of nitrogens with one attached hydrogen (secondary N) is 1. The van der Waals surface area contributed by atoms with E-state index < -0.39 is 0 Å². The lowest BCUT2D eigenvalue weighted by molar-refractivity contribution is -0.136. The van der Waals surface area contributed by atoms with Crippen LogP contribution in [0.1, 0.15) is 33.8 Å². The van der Waals surface area contributed by atoms with Crippen molar-refractivity contribution in [3.05, 3.63) is 64.5 Å². The number of hydrogen-bond acceptors (Lipinski definition) is 5. The molecule has 2 heterocycles. The summed E-state index contributed by atoms with van der Waals surface area (Å²) in [5.74, 6) is 0.654. The summed E-state index contributed by atoms with van der Waals surface area (Å²) in [7, 11) is 0. The standard InChI is InChI=1S/C24H26N2O4S/c1-16-7-9-18(10-8-16)29-13-11-25-24(28)23-22(19-5-3-4-6-21(19)31-23)20-15-26(17(2)27)12-14-30-20/h3-10,20H,11-15H2,1-2H3,(H,25,28)/t20-/m1/s1. The molecule has 0 unspecified atom stereocenters. The maximum Gasteiger partial charge on any atom is 0.261 e. The van der Waals surface area contributed by atoms with Crippen LogP contribution in [0, 0.1) is 6.92 Å². The summed E-state index contributed by atoms with van der Waals surface area (Å²) < 4.78 is 12.7. The summed E-state index contributed by atoms with van der Waals surface area (Å²) in [5, 5.41) is 3.97. The number of ether oxygens (including phenoxy) is 2.